The molecule has 0 radical (unpaired) electrons. The molecule has 6 nitrogen and oxygen atoms in total. The molecule has 1 aliphatic rings. The van der Waals surface area contributed by atoms with Crippen molar-refractivity contribution in [1.82, 2.24) is 10.6 Å². The molecule has 1 unspecified atom stereocenters. The number of guanidine groups is 1. The topological polar surface area (TPSA) is 64.1 Å². The Labute approximate surface area is 180 Å². The number of hydrogen-bond donors (Lipinski definition) is 2. The van der Waals surface area contributed by atoms with Crippen LogP contribution in [0.4, 0.5) is 0 Å². The normalized spacial score (nSPS) is 16.7. The van der Waals surface area contributed by atoms with Crippen molar-refractivity contribution in [1.29, 1.82) is 0 Å². The van der Waals surface area contributed by atoms with Gasteiger partial charge in [0.1, 0.15) is 12.4 Å². The lowest BCUT2D eigenvalue weighted by molar-refractivity contribution is 0.0168. The second-order valence-electron chi connectivity index (χ2n) is 6.56. The summed E-state index contributed by atoms with van der Waals surface area (Å²) in [6.45, 7) is 8.57. The molecule has 1 atom stereocenters. The van der Waals surface area contributed by atoms with Crippen molar-refractivity contribution in [3.63, 3.8) is 0 Å². The molecule has 1 heterocycles. The van der Waals surface area contributed by atoms with Crippen molar-refractivity contribution < 1.29 is 14.2 Å². The van der Waals surface area contributed by atoms with Crippen LogP contribution in [0.3, 0.4) is 0 Å². The lowest BCUT2D eigenvalue weighted by Crippen LogP contribution is -2.40. The van der Waals surface area contributed by atoms with Crippen LogP contribution in [0.25, 0.3) is 0 Å². The van der Waals surface area contributed by atoms with Crippen LogP contribution in [0, 0.1) is 13.8 Å². The molecule has 1 aromatic rings. The summed E-state index contributed by atoms with van der Waals surface area (Å²) in [4.78, 5) is 4.23. The van der Waals surface area contributed by atoms with E-state index >= 15 is 0 Å². The molecule has 1 aliphatic heterocycles. The fraction of sp³-hybridized carbons (Fsp3) is 0.650. The Kier molecular flexibility index (Phi) is 12.4. The van der Waals surface area contributed by atoms with Crippen LogP contribution in [0.2, 0.25) is 0 Å². The van der Waals surface area contributed by atoms with Gasteiger partial charge in [0.05, 0.1) is 19.3 Å². The van der Waals surface area contributed by atoms with Crippen LogP contribution in [-0.2, 0) is 9.47 Å². The van der Waals surface area contributed by atoms with E-state index in [-0.39, 0.29) is 24.0 Å². The zero-order chi connectivity index (χ0) is 18.6. The smallest absolute Gasteiger partial charge is 0.191 e. The molecule has 1 fully saturated rings. The number of rotatable bonds is 10. The van der Waals surface area contributed by atoms with Crippen LogP contribution in [0.1, 0.15) is 30.4 Å². The quantitative estimate of drug-likeness (QED) is 0.228. The molecule has 2 rings (SSSR count). The highest BCUT2D eigenvalue weighted by Gasteiger charge is 2.14. The maximum Gasteiger partial charge on any atom is 0.191 e. The van der Waals surface area contributed by atoms with Gasteiger partial charge in [-0.3, -0.25) is 4.99 Å². The lowest BCUT2D eigenvalue weighted by Gasteiger charge is -2.15. The fourth-order valence-corrected chi connectivity index (χ4v) is 2.94. The van der Waals surface area contributed by atoms with E-state index < -0.39 is 0 Å². The van der Waals surface area contributed by atoms with Crippen molar-refractivity contribution in [2.75, 3.05) is 46.6 Å². The van der Waals surface area contributed by atoms with Gasteiger partial charge in [0.25, 0.3) is 0 Å². The molecule has 0 saturated carbocycles. The number of benzene rings is 1. The highest BCUT2D eigenvalue weighted by Crippen LogP contribution is 2.21. The summed E-state index contributed by atoms with van der Waals surface area (Å²) in [6, 6.07) is 6.18. The maximum atomic E-state index is 5.89. The van der Waals surface area contributed by atoms with Gasteiger partial charge in [-0.1, -0.05) is 18.2 Å². The van der Waals surface area contributed by atoms with E-state index in [2.05, 4.69) is 41.6 Å². The monoisotopic (exact) mass is 491 g/mol. The van der Waals surface area contributed by atoms with Gasteiger partial charge >= 0.3 is 0 Å². The third-order valence-electron chi connectivity index (χ3n) is 4.36. The Balaban J connectivity index is 0.00000364. The van der Waals surface area contributed by atoms with E-state index in [1.807, 2.05) is 6.07 Å². The van der Waals surface area contributed by atoms with Crippen LogP contribution >= 0.6 is 24.0 Å². The Morgan fingerprint density at radius 3 is 2.59 bits per heavy atom. The van der Waals surface area contributed by atoms with Crippen molar-refractivity contribution >= 4 is 29.9 Å². The zero-order valence-corrected chi connectivity index (χ0v) is 19.1. The summed E-state index contributed by atoms with van der Waals surface area (Å²) in [5, 5.41) is 6.56. The predicted octanol–water partition coefficient (Wildman–Crippen LogP) is 3.05. The van der Waals surface area contributed by atoms with Gasteiger partial charge in [0.15, 0.2) is 5.96 Å². The van der Waals surface area contributed by atoms with Crippen molar-refractivity contribution in [2.45, 2.75) is 39.2 Å². The van der Waals surface area contributed by atoms with E-state index in [9.17, 15) is 0 Å². The van der Waals surface area contributed by atoms with Gasteiger partial charge in [-0.25, -0.2) is 0 Å². The summed E-state index contributed by atoms with van der Waals surface area (Å²) in [7, 11) is 1.77. The molecule has 0 spiro atoms. The van der Waals surface area contributed by atoms with Gasteiger partial charge in [0.2, 0.25) is 0 Å². The second kappa shape index (κ2) is 14.0. The average Bonchev–Trinajstić information content (AvgIpc) is 3.15. The zero-order valence-electron chi connectivity index (χ0n) is 16.8. The van der Waals surface area contributed by atoms with E-state index in [0.29, 0.717) is 25.9 Å². The standard InChI is InChI=1S/C20H33N3O3.HI/c1-16-7-4-8-17(2)19(16)26-14-11-23-20(21-3)22-10-6-12-24-15-18-9-5-13-25-18;/h4,7-8,18H,5-6,9-15H2,1-3H3,(H2,21,22,23);1H. The minimum Gasteiger partial charge on any atom is -0.491 e. The van der Waals surface area contributed by atoms with Crippen molar-refractivity contribution in [2.24, 2.45) is 4.99 Å². The van der Waals surface area contributed by atoms with E-state index in [1.165, 1.54) is 0 Å². The number of nitrogens with one attached hydrogen (secondary N) is 2. The number of aryl methyl sites for hydroxylation is 2. The molecular weight excluding hydrogens is 457 g/mol. The summed E-state index contributed by atoms with van der Waals surface area (Å²) in [5.74, 6) is 1.76. The molecule has 7 heteroatoms. The molecule has 1 aromatic carbocycles. The fourth-order valence-electron chi connectivity index (χ4n) is 2.94. The molecule has 0 amide bonds. The van der Waals surface area contributed by atoms with Crippen LogP contribution < -0.4 is 15.4 Å². The van der Waals surface area contributed by atoms with Crippen LogP contribution in [0.15, 0.2) is 23.2 Å². The van der Waals surface area contributed by atoms with Gasteiger partial charge in [-0.05, 0) is 44.2 Å². The molecule has 0 bridgehead atoms. The Hall–Kier alpha value is -1.06. The number of hydrogen-bond acceptors (Lipinski definition) is 4. The minimum atomic E-state index is 0. The summed E-state index contributed by atoms with van der Waals surface area (Å²) in [5.41, 5.74) is 2.33. The Morgan fingerprint density at radius 2 is 1.93 bits per heavy atom. The largest absolute Gasteiger partial charge is 0.491 e. The molecule has 2 N–H and O–H groups in total. The summed E-state index contributed by atoms with van der Waals surface area (Å²) >= 11 is 0. The van der Waals surface area contributed by atoms with E-state index in [0.717, 1.165) is 61.9 Å². The van der Waals surface area contributed by atoms with Gasteiger partial charge in [-0.15, -0.1) is 24.0 Å². The van der Waals surface area contributed by atoms with E-state index in [1.54, 1.807) is 7.05 Å². The van der Waals surface area contributed by atoms with Crippen molar-refractivity contribution in [3.05, 3.63) is 29.3 Å². The minimum absolute atomic E-state index is 0. The maximum absolute atomic E-state index is 5.89. The molecule has 154 valence electrons. The molecule has 1 saturated heterocycles. The third-order valence-corrected chi connectivity index (χ3v) is 4.36. The van der Waals surface area contributed by atoms with Crippen LogP contribution in [0.5, 0.6) is 5.75 Å². The SMILES string of the molecule is CN=C(NCCCOCC1CCCO1)NCCOc1c(C)cccc1C.I. The lowest BCUT2D eigenvalue weighted by atomic mass is 10.1. The number of para-hydroxylation sites is 1. The van der Waals surface area contributed by atoms with Crippen molar-refractivity contribution in [3.8, 4) is 5.75 Å². The highest BCUT2D eigenvalue weighted by atomic mass is 127. The van der Waals surface area contributed by atoms with Gasteiger partial charge < -0.3 is 24.8 Å². The first-order chi connectivity index (χ1) is 12.7. The number of aliphatic imine (C=N–C) groups is 1. The van der Waals surface area contributed by atoms with Gasteiger partial charge in [-0.2, -0.15) is 0 Å². The van der Waals surface area contributed by atoms with Gasteiger partial charge in [0, 0.05) is 26.8 Å². The first-order valence-electron chi connectivity index (χ1n) is 9.53. The summed E-state index contributed by atoms with van der Waals surface area (Å²) < 4.78 is 17.1. The highest BCUT2D eigenvalue weighted by molar-refractivity contribution is 14.0. The molecule has 0 aromatic heterocycles. The summed E-state index contributed by atoms with van der Waals surface area (Å²) in [6.07, 6.45) is 3.52. The first-order valence-corrected chi connectivity index (χ1v) is 9.53. The molecule has 27 heavy (non-hydrogen) atoms. The molecule has 0 aliphatic carbocycles. The van der Waals surface area contributed by atoms with Crippen LogP contribution in [-0.4, -0.2) is 58.6 Å². The predicted molar refractivity (Wildman–Crippen MR) is 121 cm³/mol. The number of nitrogens with zero attached hydrogens (tertiary/aromatic N) is 1. The van der Waals surface area contributed by atoms with E-state index in [4.69, 9.17) is 14.2 Å². The molecular formula is C20H34IN3O3. The average molecular weight is 491 g/mol. The first kappa shape index (κ1) is 24.0. The number of ether oxygens (including phenoxy) is 3. The third kappa shape index (κ3) is 9.12. The number of halogens is 1. The second-order valence-corrected chi connectivity index (χ2v) is 6.56. The Morgan fingerprint density at radius 1 is 1.19 bits per heavy atom. The Bertz CT molecular complexity index is 543.